The van der Waals surface area contributed by atoms with Gasteiger partial charge in [0.05, 0.1) is 0 Å². The molecule has 0 fully saturated rings. The van der Waals surface area contributed by atoms with Crippen LogP contribution in [0.15, 0.2) is 205 Å². The monoisotopic (exact) mass is 663 g/mol. The molecular weight excluding hydrogens is 631 g/mol. The number of hydrogen-bond acceptors (Lipinski definition) is 2. The van der Waals surface area contributed by atoms with Crippen LogP contribution in [0.1, 0.15) is 0 Å². The summed E-state index contributed by atoms with van der Waals surface area (Å²) in [6.45, 7) is 0. The lowest BCUT2D eigenvalue weighted by atomic mass is 9.97. The van der Waals surface area contributed by atoms with Crippen LogP contribution in [-0.4, -0.2) is 0 Å². The number of fused-ring (bicyclic) bond motifs is 6. The van der Waals surface area contributed by atoms with Gasteiger partial charge < -0.3 is 9.32 Å². The summed E-state index contributed by atoms with van der Waals surface area (Å²) in [5.74, 6) is 0. The second-order valence-corrected chi connectivity index (χ2v) is 13.4. The fourth-order valence-electron chi connectivity index (χ4n) is 7.66. The first kappa shape index (κ1) is 30.0. The van der Waals surface area contributed by atoms with Crippen molar-refractivity contribution >= 4 is 60.5 Å². The lowest BCUT2D eigenvalue weighted by Gasteiger charge is -2.26. The molecule has 0 unspecified atom stereocenters. The SMILES string of the molecule is c1ccc(-c2ccc(-c3ccc(N(c4cccc(-c5cccc6oc7c8ccccc8ccc7c56)c4)c4ccc5ccccc5c4)cc3)cc2)cc1. The van der Waals surface area contributed by atoms with Gasteiger partial charge in [-0.25, -0.2) is 0 Å². The van der Waals surface area contributed by atoms with E-state index < -0.39 is 0 Å². The van der Waals surface area contributed by atoms with E-state index >= 15 is 0 Å². The maximum absolute atomic E-state index is 6.55. The van der Waals surface area contributed by atoms with Crippen molar-refractivity contribution in [2.75, 3.05) is 4.90 Å². The molecular formula is C50H33NO. The third kappa shape index (κ3) is 5.21. The van der Waals surface area contributed by atoms with Crippen molar-refractivity contribution in [2.24, 2.45) is 0 Å². The smallest absolute Gasteiger partial charge is 0.143 e. The zero-order chi connectivity index (χ0) is 34.4. The zero-order valence-corrected chi connectivity index (χ0v) is 28.4. The Bertz CT molecular complexity index is 2890. The van der Waals surface area contributed by atoms with Gasteiger partial charge in [0.1, 0.15) is 11.2 Å². The Hall–Kier alpha value is -6.90. The number of furan rings is 1. The van der Waals surface area contributed by atoms with Gasteiger partial charge in [-0.1, -0.05) is 152 Å². The molecule has 10 rings (SSSR count). The Morgan fingerprint density at radius 1 is 0.327 bits per heavy atom. The van der Waals surface area contributed by atoms with E-state index in [1.807, 2.05) is 0 Å². The molecule has 0 radical (unpaired) electrons. The molecule has 0 aliphatic rings. The van der Waals surface area contributed by atoms with Gasteiger partial charge in [-0.15, -0.1) is 0 Å². The van der Waals surface area contributed by atoms with E-state index in [1.54, 1.807) is 0 Å². The number of nitrogens with zero attached hydrogens (tertiary/aromatic N) is 1. The summed E-state index contributed by atoms with van der Waals surface area (Å²) >= 11 is 0. The molecule has 0 aliphatic heterocycles. The minimum atomic E-state index is 0.896. The summed E-state index contributed by atoms with van der Waals surface area (Å²) in [5.41, 5.74) is 12.2. The van der Waals surface area contributed by atoms with Crippen molar-refractivity contribution in [3.05, 3.63) is 200 Å². The van der Waals surface area contributed by atoms with Gasteiger partial charge in [0.25, 0.3) is 0 Å². The van der Waals surface area contributed by atoms with E-state index in [4.69, 9.17) is 4.42 Å². The molecule has 0 amide bonds. The van der Waals surface area contributed by atoms with Crippen LogP contribution in [-0.2, 0) is 0 Å². The Balaban J connectivity index is 1.08. The molecule has 1 heterocycles. The minimum Gasteiger partial charge on any atom is -0.455 e. The Morgan fingerprint density at radius 2 is 0.904 bits per heavy atom. The van der Waals surface area contributed by atoms with Crippen LogP contribution < -0.4 is 4.90 Å². The van der Waals surface area contributed by atoms with Crippen LogP contribution in [0.5, 0.6) is 0 Å². The van der Waals surface area contributed by atoms with Crippen molar-refractivity contribution in [3.8, 4) is 33.4 Å². The Labute approximate surface area is 302 Å². The normalized spacial score (nSPS) is 11.5. The van der Waals surface area contributed by atoms with Crippen LogP contribution in [0.2, 0.25) is 0 Å². The maximum Gasteiger partial charge on any atom is 0.143 e. The predicted molar refractivity (Wildman–Crippen MR) is 220 cm³/mol. The molecule has 0 spiro atoms. The third-order valence-corrected chi connectivity index (χ3v) is 10.2. The van der Waals surface area contributed by atoms with Gasteiger partial charge in [0.15, 0.2) is 0 Å². The highest BCUT2D eigenvalue weighted by atomic mass is 16.3. The number of anilines is 3. The topological polar surface area (TPSA) is 16.4 Å². The van der Waals surface area contributed by atoms with Crippen LogP contribution in [0.25, 0.3) is 76.9 Å². The van der Waals surface area contributed by atoms with Gasteiger partial charge in [-0.05, 0) is 98.1 Å². The highest BCUT2D eigenvalue weighted by Gasteiger charge is 2.18. The molecule has 2 nitrogen and oxygen atoms in total. The molecule has 0 N–H and O–H groups in total. The second-order valence-electron chi connectivity index (χ2n) is 13.4. The summed E-state index contributed by atoms with van der Waals surface area (Å²) in [6.07, 6.45) is 0. The van der Waals surface area contributed by atoms with Crippen LogP contribution in [0.4, 0.5) is 17.1 Å². The Morgan fingerprint density at radius 3 is 1.69 bits per heavy atom. The summed E-state index contributed by atoms with van der Waals surface area (Å²) < 4.78 is 6.55. The number of benzene rings is 9. The highest BCUT2D eigenvalue weighted by molar-refractivity contribution is 6.19. The quantitative estimate of drug-likeness (QED) is 0.176. The van der Waals surface area contributed by atoms with E-state index in [0.717, 1.165) is 55.5 Å². The summed E-state index contributed by atoms with van der Waals surface area (Å²) in [4.78, 5) is 2.36. The molecule has 0 saturated heterocycles. The van der Waals surface area contributed by atoms with Crippen molar-refractivity contribution in [1.82, 2.24) is 0 Å². The molecule has 0 bridgehead atoms. The Kier molecular flexibility index (Phi) is 7.18. The van der Waals surface area contributed by atoms with Gasteiger partial charge in [-0.3, -0.25) is 0 Å². The van der Waals surface area contributed by atoms with Gasteiger partial charge in [-0.2, -0.15) is 0 Å². The van der Waals surface area contributed by atoms with E-state index in [-0.39, 0.29) is 0 Å². The first-order valence-corrected chi connectivity index (χ1v) is 17.8. The minimum absolute atomic E-state index is 0.896. The predicted octanol–water partition coefficient (Wildman–Crippen LogP) is 14.4. The van der Waals surface area contributed by atoms with Crippen LogP contribution in [0, 0.1) is 0 Å². The molecule has 2 heteroatoms. The maximum atomic E-state index is 6.55. The average Bonchev–Trinajstić information content (AvgIpc) is 3.61. The van der Waals surface area contributed by atoms with Gasteiger partial charge >= 0.3 is 0 Å². The van der Waals surface area contributed by atoms with Gasteiger partial charge in [0.2, 0.25) is 0 Å². The average molecular weight is 664 g/mol. The molecule has 52 heavy (non-hydrogen) atoms. The largest absolute Gasteiger partial charge is 0.455 e. The molecule has 0 aliphatic carbocycles. The second kappa shape index (κ2) is 12.5. The van der Waals surface area contributed by atoms with Crippen molar-refractivity contribution in [2.45, 2.75) is 0 Å². The molecule has 10 aromatic rings. The lowest BCUT2D eigenvalue weighted by Crippen LogP contribution is -2.10. The number of hydrogen-bond donors (Lipinski definition) is 0. The lowest BCUT2D eigenvalue weighted by molar-refractivity contribution is 0.673. The van der Waals surface area contributed by atoms with Gasteiger partial charge in [0, 0.05) is 33.2 Å². The van der Waals surface area contributed by atoms with E-state index in [2.05, 4.69) is 205 Å². The molecule has 0 atom stereocenters. The summed E-state index contributed by atoms with van der Waals surface area (Å²) in [5, 5.41) is 7.01. The summed E-state index contributed by atoms with van der Waals surface area (Å²) in [6, 6.07) is 71.7. The molecule has 0 saturated carbocycles. The standard InChI is InChI=1S/C50H33NO/c1-2-10-34(11-3-1)36-20-22-37(23-21-36)38-24-28-42(29-25-38)51(44-30-26-35-12-4-5-14-40(35)32-44)43-16-8-15-41(33-43)45-18-9-19-48-49(45)47-31-27-39-13-6-7-17-46(39)50(47)52-48/h1-33H. The molecule has 244 valence electrons. The first-order valence-electron chi connectivity index (χ1n) is 17.8. The van der Waals surface area contributed by atoms with Crippen LogP contribution in [0.3, 0.4) is 0 Å². The van der Waals surface area contributed by atoms with E-state index in [1.165, 1.54) is 38.4 Å². The summed E-state index contributed by atoms with van der Waals surface area (Å²) in [7, 11) is 0. The first-order chi connectivity index (χ1) is 25.8. The fraction of sp³-hybridized carbons (Fsp3) is 0. The van der Waals surface area contributed by atoms with Crippen molar-refractivity contribution in [1.29, 1.82) is 0 Å². The third-order valence-electron chi connectivity index (χ3n) is 10.2. The highest BCUT2D eigenvalue weighted by Crippen LogP contribution is 2.42. The number of rotatable bonds is 6. The fourth-order valence-corrected chi connectivity index (χ4v) is 7.66. The van der Waals surface area contributed by atoms with Crippen LogP contribution >= 0.6 is 0 Å². The van der Waals surface area contributed by atoms with E-state index in [9.17, 15) is 0 Å². The van der Waals surface area contributed by atoms with E-state index in [0.29, 0.717) is 0 Å². The van der Waals surface area contributed by atoms with Crippen molar-refractivity contribution < 1.29 is 4.42 Å². The van der Waals surface area contributed by atoms with Crippen molar-refractivity contribution in [3.63, 3.8) is 0 Å². The molecule has 1 aromatic heterocycles. The zero-order valence-electron chi connectivity index (χ0n) is 28.4. The molecule has 9 aromatic carbocycles.